The fourth-order valence-corrected chi connectivity index (χ4v) is 3.74. The van der Waals surface area contributed by atoms with Gasteiger partial charge in [0.25, 0.3) is 5.76 Å². The van der Waals surface area contributed by atoms with Crippen LogP contribution in [0, 0.1) is 5.82 Å². The fourth-order valence-electron chi connectivity index (χ4n) is 3.74. The van der Waals surface area contributed by atoms with Gasteiger partial charge in [-0.2, -0.15) is 13.2 Å². The molecule has 0 unspecified atom stereocenters. The zero-order valence-corrected chi connectivity index (χ0v) is 19.3. The molecule has 0 aliphatic carbocycles. The Balaban J connectivity index is 1.47. The number of rotatable bonds is 5. The quantitative estimate of drug-likeness (QED) is 0.104. The zero-order chi connectivity index (χ0) is 26.9. The minimum Gasteiger partial charge on any atom is -0.449 e. The molecule has 0 N–H and O–H groups in total. The number of halogens is 4. The molecule has 0 spiro atoms. The molecule has 0 aliphatic heterocycles. The van der Waals surface area contributed by atoms with Gasteiger partial charge in [0.1, 0.15) is 22.9 Å². The molecule has 38 heavy (non-hydrogen) atoms. The topological polar surface area (TPSA) is 65.7 Å². The molecule has 1 aromatic heterocycles. The van der Waals surface area contributed by atoms with Crippen LogP contribution < -0.4 is 14.9 Å². The molecule has 9 heteroatoms. The number of esters is 1. The summed E-state index contributed by atoms with van der Waals surface area (Å²) in [6.07, 6.45) is -2.61. The number of carbonyl (C=O) groups excluding carboxylic acids is 1. The predicted octanol–water partition coefficient (Wildman–Crippen LogP) is 7.52. The molecule has 0 aliphatic rings. The van der Waals surface area contributed by atoms with Crippen molar-refractivity contribution in [2.45, 2.75) is 6.18 Å². The maximum absolute atomic E-state index is 13.9. The Hall–Kier alpha value is -4.92. The number of hydrogen-bond acceptors (Lipinski definition) is 5. The van der Waals surface area contributed by atoms with Crippen LogP contribution >= 0.6 is 0 Å². The van der Waals surface area contributed by atoms with Gasteiger partial charge in [0.05, 0.1) is 5.39 Å². The second kappa shape index (κ2) is 9.85. The highest BCUT2D eigenvalue weighted by Crippen LogP contribution is 2.39. The zero-order valence-electron chi connectivity index (χ0n) is 19.3. The summed E-state index contributed by atoms with van der Waals surface area (Å²) in [6, 6.07) is 20.5. The molecule has 0 amide bonds. The summed E-state index contributed by atoms with van der Waals surface area (Å²) in [5.74, 6) is -4.03. The van der Waals surface area contributed by atoms with Gasteiger partial charge in [0, 0.05) is 12.1 Å². The van der Waals surface area contributed by atoms with E-state index in [-0.39, 0.29) is 16.9 Å². The minimum atomic E-state index is -5.05. The van der Waals surface area contributed by atoms with Crippen LogP contribution in [0.1, 0.15) is 11.3 Å². The van der Waals surface area contributed by atoms with Crippen LogP contribution in [0.3, 0.4) is 0 Å². The highest BCUT2D eigenvalue weighted by Gasteiger charge is 2.40. The lowest BCUT2D eigenvalue weighted by molar-refractivity contribution is -0.154. The average molecular weight is 520 g/mol. The first-order valence-electron chi connectivity index (χ1n) is 11.2. The van der Waals surface area contributed by atoms with Crippen molar-refractivity contribution in [3.05, 3.63) is 118 Å². The molecule has 5 aromatic rings. The molecule has 190 valence electrons. The smallest absolute Gasteiger partial charge is 0.449 e. The first-order chi connectivity index (χ1) is 18.2. The molecule has 0 radical (unpaired) electrons. The van der Waals surface area contributed by atoms with E-state index in [4.69, 9.17) is 13.9 Å². The molecule has 0 saturated heterocycles. The van der Waals surface area contributed by atoms with Crippen molar-refractivity contribution in [3.63, 3.8) is 0 Å². The molecule has 4 aromatic carbocycles. The van der Waals surface area contributed by atoms with Gasteiger partial charge in [-0.1, -0.05) is 42.5 Å². The lowest BCUT2D eigenvalue weighted by Gasteiger charge is -2.14. The number of ether oxygens (including phenoxy) is 2. The van der Waals surface area contributed by atoms with Crippen molar-refractivity contribution in [2.75, 3.05) is 0 Å². The Kier molecular flexibility index (Phi) is 6.42. The van der Waals surface area contributed by atoms with Crippen LogP contribution in [0.15, 0.2) is 100 Å². The Morgan fingerprint density at radius 1 is 0.842 bits per heavy atom. The predicted molar refractivity (Wildman–Crippen MR) is 133 cm³/mol. The number of benzene rings is 4. The minimum absolute atomic E-state index is 0.0272. The van der Waals surface area contributed by atoms with Gasteiger partial charge < -0.3 is 13.9 Å². The van der Waals surface area contributed by atoms with E-state index in [9.17, 15) is 27.2 Å². The number of fused-ring (bicyclic) bond motifs is 2. The molecule has 5 rings (SSSR count). The Morgan fingerprint density at radius 3 is 2.29 bits per heavy atom. The van der Waals surface area contributed by atoms with Crippen LogP contribution in [-0.2, 0) is 11.0 Å². The molecular formula is C29H16F4O5. The second-order valence-corrected chi connectivity index (χ2v) is 8.16. The maximum Gasteiger partial charge on any atom is 0.453 e. The fraction of sp³-hybridized carbons (Fsp3) is 0.0345. The van der Waals surface area contributed by atoms with Crippen LogP contribution in [0.25, 0.3) is 27.8 Å². The lowest BCUT2D eigenvalue weighted by Crippen LogP contribution is -2.15. The molecule has 0 fully saturated rings. The third-order valence-corrected chi connectivity index (χ3v) is 5.52. The highest BCUT2D eigenvalue weighted by molar-refractivity contribution is 5.89. The molecule has 0 saturated carbocycles. The standard InChI is InChI=1S/C29H16F4O5/c30-20-9-5-17(6-10-20)7-14-25(34)36-22-12-13-23-24(16-22)38-28(29(31,32)33)27(26(23)35)37-21-11-8-18-3-1-2-4-19(18)15-21/h1-16H. The second-order valence-electron chi connectivity index (χ2n) is 8.16. The number of alkyl halides is 3. The summed E-state index contributed by atoms with van der Waals surface area (Å²) < 4.78 is 70.2. The average Bonchev–Trinajstić information content (AvgIpc) is 2.89. The van der Waals surface area contributed by atoms with Gasteiger partial charge >= 0.3 is 12.1 Å². The lowest BCUT2D eigenvalue weighted by atomic mass is 10.1. The number of carbonyl (C=O) groups is 1. The van der Waals surface area contributed by atoms with Gasteiger partial charge in [-0.05, 0) is 58.8 Å². The molecule has 1 heterocycles. The Morgan fingerprint density at radius 2 is 1.55 bits per heavy atom. The summed E-state index contributed by atoms with van der Waals surface area (Å²) >= 11 is 0. The van der Waals surface area contributed by atoms with Gasteiger partial charge in [-0.25, -0.2) is 9.18 Å². The van der Waals surface area contributed by atoms with Crippen LogP contribution in [0.4, 0.5) is 17.6 Å². The molecule has 5 nitrogen and oxygen atoms in total. The van der Waals surface area contributed by atoms with Crippen molar-refractivity contribution in [1.29, 1.82) is 0 Å². The van der Waals surface area contributed by atoms with Gasteiger partial charge in [-0.3, -0.25) is 4.79 Å². The summed E-state index contributed by atoms with van der Waals surface area (Å²) in [5, 5.41) is 1.36. The van der Waals surface area contributed by atoms with Crippen molar-refractivity contribution in [3.8, 4) is 17.2 Å². The normalized spacial score (nSPS) is 11.8. The van der Waals surface area contributed by atoms with Crippen molar-refractivity contribution in [1.82, 2.24) is 0 Å². The van der Waals surface area contributed by atoms with Gasteiger partial charge in [0.15, 0.2) is 0 Å². The summed E-state index contributed by atoms with van der Waals surface area (Å²) in [4.78, 5) is 25.2. The van der Waals surface area contributed by atoms with Crippen LogP contribution in [0.5, 0.6) is 17.2 Å². The van der Waals surface area contributed by atoms with E-state index in [2.05, 4.69) is 0 Å². The largest absolute Gasteiger partial charge is 0.453 e. The highest BCUT2D eigenvalue weighted by atomic mass is 19.4. The van der Waals surface area contributed by atoms with Crippen LogP contribution in [-0.4, -0.2) is 5.97 Å². The first kappa shape index (κ1) is 24.8. The van der Waals surface area contributed by atoms with Gasteiger partial charge in [0.2, 0.25) is 11.2 Å². The SMILES string of the molecule is O=C(C=Cc1ccc(F)cc1)Oc1ccc2c(=O)c(Oc3ccc4ccccc4c3)c(C(F)(F)F)oc2c1. The maximum atomic E-state index is 13.9. The Bertz CT molecular complexity index is 1750. The van der Waals surface area contributed by atoms with E-state index < -0.39 is 40.5 Å². The Labute approximate surface area is 212 Å². The van der Waals surface area contributed by atoms with E-state index in [1.54, 1.807) is 18.2 Å². The summed E-state index contributed by atoms with van der Waals surface area (Å²) in [5.41, 5.74) is -0.955. The number of hydrogen-bond donors (Lipinski definition) is 0. The molecule has 0 atom stereocenters. The van der Waals surface area contributed by atoms with E-state index in [0.29, 0.717) is 10.9 Å². The summed E-state index contributed by atoms with van der Waals surface area (Å²) in [6.45, 7) is 0. The van der Waals surface area contributed by atoms with Crippen molar-refractivity contribution < 1.29 is 36.2 Å². The third kappa shape index (κ3) is 5.27. The third-order valence-electron chi connectivity index (χ3n) is 5.52. The van der Waals surface area contributed by atoms with E-state index >= 15 is 0 Å². The first-order valence-corrected chi connectivity index (χ1v) is 11.2. The van der Waals surface area contributed by atoms with Crippen molar-refractivity contribution in [2.24, 2.45) is 0 Å². The van der Waals surface area contributed by atoms with Crippen molar-refractivity contribution >= 4 is 33.8 Å². The summed E-state index contributed by atoms with van der Waals surface area (Å²) in [7, 11) is 0. The van der Waals surface area contributed by atoms with E-state index in [1.807, 2.05) is 12.1 Å². The molecular weight excluding hydrogens is 504 g/mol. The van der Waals surface area contributed by atoms with E-state index in [0.717, 1.165) is 17.5 Å². The van der Waals surface area contributed by atoms with E-state index in [1.165, 1.54) is 54.6 Å². The monoisotopic (exact) mass is 520 g/mol. The molecule has 0 bridgehead atoms. The van der Waals surface area contributed by atoms with Crippen LogP contribution in [0.2, 0.25) is 0 Å². The van der Waals surface area contributed by atoms with Gasteiger partial charge in [-0.15, -0.1) is 0 Å².